The number of nitrogens with zero attached hydrogens (tertiary/aromatic N) is 3. The molecule has 9 heteroatoms. The van der Waals surface area contributed by atoms with Crippen molar-refractivity contribution in [2.45, 2.75) is 38.3 Å². The maximum Gasteiger partial charge on any atom is 0.296 e. The van der Waals surface area contributed by atoms with E-state index in [0.29, 0.717) is 19.0 Å². The fraction of sp³-hybridized carbons (Fsp3) is 0.778. The number of hydrogen-bond donors (Lipinski definition) is 0. The Hall–Kier alpha value is -0.700. The van der Waals surface area contributed by atoms with Crippen LogP contribution in [0, 0.1) is 0 Å². The van der Waals surface area contributed by atoms with Crippen LogP contribution in [0.25, 0.3) is 0 Å². The number of aromatic nitrogens is 3. The smallest absolute Gasteiger partial charge is 0.296 e. The van der Waals surface area contributed by atoms with Gasteiger partial charge in [0.2, 0.25) is 0 Å². The van der Waals surface area contributed by atoms with Gasteiger partial charge in [-0.05, 0) is 13.8 Å². The molecule has 0 saturated carbocycles. The number of hydrogen-bond acceptors (Lipinski definition) is 6. The lowest BCUT2D eigenvalue weighted by atomic mass is 10.5. The summed E-state index contributed by atoms with van der Waals surface area (Å²) >= 11 is 0. The molecule has 0 amide bonds. The Bertz CT molecular complexity index is 486. The molecule has 0 atom stereocenters. The molecule has 0 spiro atoms. The monoisotopic (exact) mass is 297 g/mol. The van der Waals surface area contributed by atoms with Gasteiger partial charge in [-0.25, -0.2) is 8.42 Å². The van der Waals surface area contributed by atoms with Gasteiger partial charge in [-0.2, -0.15) is 0 Å². The van der Waals surface area contributed by atoms with Gasteiger partial charge in [0, 0.05) is 17.8 Å². The standard InChI is InChI=1S/C9H16ClN3O4S/c1-7(2)17-6-8-11-12-9(18(10,14)15)13(8)4-5-16-3/h7H,4-6H2,1-3H3. The SMILES string of the molecule is COCCn1c(COC(C)C)nnc1S(=O)(=O)Cl. The molecule has 1 heterocycles. The zero-order valence-electron chi connectivity index (χ0n) is 10.5. The maximum absolute atomic E-state index is 11.3. The van der Waals surface area contributed by atoms with Crippen molar-refractivity contribution in [3.8, 4) is 0 Å². The first kappa shape index (κ1) is 15.4. The molecular formula is C9H16ClN3O4S. The molecule has 0 N–H and O–H groups in total. The lowest BCUT2D eigenvalue weighted by Gasteiger charge is -2.10. The lowest BCUT2D eigenvalue weighted by molar-refractivity contribution is 0.0580. The quantitative estimate of drug-likeness (QED) is 0.692. The molecule has 1 rings (SSSR count). The second kappa shape index (κ2) is 6.46. The summed E-state index contributed by atoms with van der Waals surface area (Å²) in [5.41, 5.74) is 0. The zero-order valence-corrected chi connectivity index (χ0v) is 12.0. The van der Waals surface area contributed by atoms with E-state index >= 15 is 0 Å². The highest BCUT2D eigenvalue weighted by Gasteiger charge is 2.22. The van der Waals surface area contributed by atoms with Gasteiger partial charge in [-0.1, -0.05) is 0 Å². The molecule has 0 aliphatic rings. The van der Waals surface area contributed by atoms with E-state index in [1.165, 1.54) is 11.7 Å². The van der Waals surface area contributed by atoms with Gasteiger partial charge in [0.1, 0.15) is 6.61 Å². The van der Waals surface area contributed by atoms with Crippen LogP contribution in [0.5, 0.6) is 0 Å². The highest BCUT2D eigenvalue weighted by molar-refractivity contribution is 8.13. The first-order valence-electron chi connectivity index (χ1n) is 5.33. The van der Waals surface area contributed by atoms with Gasteiger partial charge in [-0.15, -0.1) is 10.2 Å². The van der Waals surface area contributed by atoms with E-state index < -0.39 is 9.05 Å². The second-order valence-corrected chi connectivity index (χ2v) is 6.30. The van der Waals surface area contributed by atoms with Gasteiger partial charge >= 0.3 is 0 Å². The fourth-order valence-electron chi connectivity index (χ4n) is 1.25. The molecule has 0 aromatic carbocycles. The van der Waals surface area contributed by atoms with E-state index in [1.807, 2.05) is 13.8 Å². The van der Waals surface area contributed by atoms with Crippen LogP contribution in [0.4, 0.5) is 0 Å². The number of rotatable bonds is 7. The Morgan fingerprint density at radius 3 is 2.56 bits per heavy atom. The summed E-state index contributed by atoms with van der Waals surface area (Å²) in [5, 5.41) is 7.06. The van der Waals surface area contributed by atoms with Gasteiger partial charge in [0.15, 0.2) is 5.82 Å². The summed E-state index contributed by atoms with van der Waals surface area (Å²) in [7, 11) is 2.87. The summed E-state index contributed by atoms with van der Waals surface area (Å²) in [4.78, 5) is 0. The van der Waals surface area contributed by atoms with Crippen molar-refractivity contribution in [2.75, 3.05) is 13.7 Å². The van der Waals surface area contributed by atoms with E-state index in [4.69, 9.17) is 20.2 Å². The van der Waals surface area contributed by atoms with Crippen LogP contribution in [0.1, 0.15) is 19.7 Å². The molecule has 18 heavy (non-hydrogen) atoms. The average molecular weight is 298 g/mol. The van der Waals surface area contributed by atoms with E-state index in [0.717, 1.165) is 0 Å². The van der Waals surface area contributed by atoms with Crippen molar-refractivity contribution in [3.63, 3.8) is 0 Å². The van der Waals surface area contributed by atoms with Crippen LogP contribution in [-0.4, -0.2) is 43.0 Å². The molecule has 104 valence electrons. The largest absolute Gasteiger partial charge is 0.383 e. The van der Waals surface area contributed by atoms with Gasteiger partial charge < -0.3 is 9.47 Å². The molecule has 0 radical (unpaired) electrons. The molecule has 0 aliphatic heterocycles. The molecule has 0 saturated heterocycles. The lowest BCUT2D eigenvalue weighted by Crippen LogP contribution is -2.15. The van der Waals surface area contributed by atoms with Crippen molar-refractivity contribution in [3.05, 3.63) is 5.82 Å². The highest BCUT2D eigenvalue weighted by Crippen LogP contribution is 2.15. The molecule has 1 aromatic rings. The predicted octanol–water partition coefficient (Wildman–Crippen LogP) is 0.777. The second-order valence-electron chi connectivity index (χ2n) is 3.84. The Kier molecular flexibility index (Phi) is 5.51. The third-order valence-electron chi connectivity index (χ3n) is 2.08. The Labute approximate surface area is 110 Å². The average Bonchev–Trinajstić information content (AvgIpc) is 2.66. The maximum atomic E-state index is 11.3. The normalized spacial score (nSPS) is 12.3. The van der Waals surface area contributed by atoms with Crippen molar-refractivity contribution in [1.29, 1.82) is 0 Å². The molecule has 1 aromatic heterocycles. The van der Waals surface area contributed by atoms with Crippen LogP contribution >= 0.6 is 10.7 Å². The van der Waals surface area contributed by atoms with E-state index in [9.17, 15) is 8.42 Å². The third kappa shape index (κ3) is 4.20. The highest BCUT2D eigenvalue weighted by atomic mass is 35.7. The summed E-state index contributed by atoms with van der Waals surface area (Å²) in [6.45, 7) is 4.53. The first-order valence-corrected chi connectivity index (χ1v) is 7.64. The number of methoxy groups -OCH3 is 1. The molecule has 7 nitrogen and oxygen atoms in total. The summed E-state index contributed by atoms with van der Waals surface area (Å²) in [6.07, 6.45) is 0.00799. The van der Waals surface area contributed by atoms with Gasteiger partial charge in [0.05, 0.1) is 19.3 Å². The Balaban J connectivity index is 2.99. The fourth-order valence-corrected chi connectivity index (χ4v) is 2.20. The van der Waals surface area contributed by atoms with Crippen LogP contribution in [0.2, 0.25) is 0 Å². The van der Waals surface area contributed by atoms with Gasteiger partial charge in [0.25, 0.3) is 14.2 Å². The molecule has 0 fully saturated rings. The third-order valence-corrected chi connectivity index (χ3v) is 3.23. The zero-order chi connectivity index (χ0) is 13.8. The number of halogens is 1. The van der Waals surface area contributed by atoms with Crippen molar-refractivity contribution in [1.82, 2.24) is 14.8 Å². The Morgan fingerprint density at radius 1 is 1.39 bits per heavy atom. The van der Waals surface area contributed by atoms with Crippen LogP contribution < -0.4 is 0 Å². The minimum Gasteiger partial charge on any atom is -0.383 e. The molecule has 0 aliphatic carbocycles. The van der Waals surface area contributed by atoms with E-state index in [2.05, 4.69) is 10.2 Å². The molecule has 0 bridgehead atoms. The summed E-state index contributed by atoms with van der Waals surface area (Å²) < 4.78 is 34.3. The minimum absolute atomic E-state index is 0.00799. The topological polar surface area (TPSA) is 83.3 Å². The predicted molar refractivity (Wildman–Crippen MR) is 64.9 cm³/mol. The van der Waals surface area contributed by atoms with Crippen LogP contribution in [0.3, 0.4) is 0 Å². The van der Waals surface area contributed by atoms with Crippen LogP contribution in [-0.2, 0) is 31.7 Å². The molecule has 0 unspecified atom stereocenters. The summed E-state index contributed by atoms with van der Waals surface area (Å²) in [6, 6.07) is 0. The number of ether oxygens (including phenoxy) is 2. The van der Waals surface area contributed by atoms with Crippen molar-refractivity contribution < 1.29 is 17.9 Å². The van der Waals surface area contributed by atoms with Crippen LogP contribution in [0.15, 0.2) is 5.16 Å². The molecular weight excluding hydrogens is 282 g/mol. The van der Waals surface area contributed by atoms with Gasteiger partial charge in [-0.3, -0.25) is 4.57 Å². The van der Waals surface area contributed by atoms with Crippen molar-refractivity contribution in [2.24, 2.45) is 0 Å². The van der Waals surface area contributed by atoms with E-state index in [1.54, 1.807) is 0 Å². The first-order chi connectivity index (χ1) is 8.36. The minimum atomic E-state index is -3.93. The summed E-state index contributed by atoms with van der Waals surface area (Å²) in [5.74, 6) is 0.403. The van der Waals surface area contributed by atoms with E-state index in [-0.39, 0.29) is 17.9 Å². The van der Waals surface area contributed by atoms with Crippen molar-refractivity contribution >= 4 is 19.7 Å². The Morgan fingerprint density at radius 2 is 2.06 bits per heavy atom.